The second-order valence-corrected chi connectivity index (χ2v) is 6.14. The monoisotopic (exact) mass is 473 g/mol. The number of halogens is 1. The Bertz CT molecular complexity index is 658. The molecule has 1 heterocycles. The van der Waals surface area contributed by atoms with Crippen LogP contribution in [-0.2, 0) is 11.3 Å². The van der Waals surface area contributed by atoms with Gasteiger partial charge in [-0.05, 0) is 31.0 Å². The van der Waals surface area contributed by atoms with Crippen LogP contribution in [0.4, 0.5) is 0 Å². The summed E-state index contributed by atoms with van der Waals surface area (Å²) in [6, 6.07) is 10.7. The summed E-state index contributed by atoms with van der Waals surface area (Å²) in [5.41, 5.74) is 1.30. The summed E-state index contributed by atoms with van der Waals surface area (Å²) in [6.07, 6.45) is 3.21. The van der Waals surface area contributed by atoms with Crippen LogP contribution in [0.25, 0.3) is 10.9 Å². The number of para-hydroxylation sites is 1. The van der Waals surface area contributed by atoms with Crippen molar-refractivity contribution in [3.63, 3.8) is 0 Å². The highest BCUT2D eigenvalue weighted by Gasteiger charge is 2.02. The van der Waals surface area contributed by atoms with Gasteiger partial charge in [0.15, 0.2) is 5.96 Å². The summed E-state index contributed by atoms with van der Waals surface area (Å²) < 4.78 is 7.39. The Morgan fingerprint density at radius 1 is 1.15 bits per heavy atom. The van der Waals surface area contributed by atoms with Crippen molar-refractivity contribution >= 4 is 40.8 Å². The summed E-state index contributed by atoms with van der Waals surface area (Å²) in [4.78, 5) is 6.51. The number of ether oxygens (including phenoxy) is 1. The second kappa shape index (κ2) is 12.9. The first-order valence-corrected chi connectivity index (χ1v) is 8.90. The molecule has 0 aliphatic rings. The largest absolute Gasteiger partial charge is 0.383 e. The van der Waals surface area contributed by atoms with E-state index in [4.69, 9.17) is 4.74 Å². The van der Waals surface area contributed by atoms with Crippen LogP contribution in [0.1, 0.15) is 6.42 Å². The molecule has 6 nitrogen and oxygen atoms in total. The molecule has 2 aromatic rings. The number of nitrogens with one attached hydrogen (secondary N) is 2. The van der Waals surface area contributed by atoms with Gasteiger partial charge in [0.25, 0.3) is 0 Å². The van der Waals surface area contributed by atoms with Gasteiger partial charge in [0.2, 0.25) is 0 Å². The predicted molar refractivity (Wildman–Crippen MR) is 121 cm³/mol. The summed E-state index contributed by atoms with van der Waals surface area (Å²) in [5, 5.41) is 8.03. The van der Waals surface area contributed by atoms with Crippen molar-refractivity contribution in [2.45, 2.75) is 13.0 Å². The fourth-order valence-electron chi connectivity index (χ4n) is 2.74. The number of benzene rings is 1. The van der Waals surface area contributed by atoms with Crippen molar-refractivity contribution in [1.82, 2.24) is 20.1 Å². The van der Waals surface area contributed by atoms with Gasteiger partial charge in [-0.15, -0.1) is 24.0 Å². The minimum Gasteiger partial charge on any atom is -0.383 e. The van der Waals surface area contributed by atoms with E-state index in [1.54, 1.807) is 7.11 Å². The molecule has 0 fully saturated rings. The zero-order valence-electron chi connectivity index (χ0n) is 16.1. The third-order valence-corrected chi connectivity index (χ3v) is 4.24. The van der Waals surface area contributed by atoms with Crippen molar-refractivity contribution in [2.24, 2.45) is 4.99 Å². The fourth-order valence-corrected chi connectivity index (χ4v) is 2.74. The van der Waals surface area contributed by atoms with Gasteiger partial charge >= 0.3 is 0 Å². The van der Waals surface area contributed by atoms with E-state index in [-0.39, 0.29) is 24.0 Å². The van der Waals surface area contributed by atoms with Crippen LogP contribution in [0.15, 0.2) is 41.5 Å². The molecule has 0 unspecified atom stereocenters. The van der Waals surface area contributed by atoms with Crippen molar-refractivity contribution in [3.8, 4) is 0 Å². The van der Waals surface area contributed by atoms with Gasteiger partial charge in [0.05, 0.1) is 6.61 Å². The molecule has 0 radical (unpaired) electrons. The standard InChI is InChI=1S/C19H31N5O.HI/c1-20-19(22-11-14-23(2)15-16-25-3)21-10-6-12-24-13-9-17-7-4-5-8-18(17)24;/h4-5,7-9,13H,6,10-12,14-16H2,1-3H3,(H2,20,21,22);1H. The third-order valence-electron chi connectivity index (χ3n) is 4.24. The number of nitrogens with zero attached hydrogens (tertiary/aromatic N) is 3. The quantitative estimate of drug-likeness (QED) is 0.241. The van der Waals surface area contributed by atoms with Crippen molar-refractivity contribution in [2.75, 3.05) is 54.0 Å². The Morgan fingerprint density at radius 2 is 1.92 bits per heavy atom. The molecule has 0 saturated carbocycles. The fraction of sp³-hybridized carbons (Fsp3) is 0.526. The Kier molecular flexibility index (Phi) is 11.3. The minimum atomic E-state index is 0. The van der Waals surface area contributed by atoms with Gasteiger partial charge in [-0.1, -0.05) is 18.2 Å². The molecule has 2 N–H and O–H groups in total. The molecular weight excluding hydrogens is 441 g/mol. The molecule has 0 aliphatic heterocycles. The van der Waals surface area contributed by atoms with E-state index in [9.17, 15) is 0 Å². The molecule has 0 spiro atoms. The zero-order chi connectivity index (χ0) is 17.9. The van der Waals surface area contributed by atoms with Crippen molar-refractivity contribution in [1.29, 1.82) is 0 Å². The lowest BCUT2D eigenvalue weighted by Gasteiger charge is -2.17. The summed E-state index contributed by atoms with van der Waals surface area (Å²) >= 11 is 0. The number of fused-ring (bicyclic) bond motifs is 1. The van der Waals surface area contributed by atoms with E-state index in [1.165, 1.54) is 10.9 Å². The summed E-state index contributed by atoms with van der Waals surface area (Å²) in [7, 11) is 5.64. The maximum Gasteiger partial charge on any atom is 0.191 e. The van der Waals surface area contributed by atoms with Crippen molar-refractivity contribution in [3.05, 3.63) is 36.5 Å². The maximum absolute atomic E-state index is 5.08. The third kappa shape index (κ3) is 7.51. The zero-order valence-corrected chi connectivity index (χ0v) is 18.4. The summed E-state index contributed by atoms with van der Waals surface area (Å²) in [6.45, 7) is 5.41. The smallest absolute Gasteiger partial charge is 0.191 e. The van der Waals surface area contributed by atoms with Crippen LogP contribution in [0, 0.1) is 0 Å². The minimum absolute atomic E-state index is 0. The average molecular weight is 473 g/mol. The van der Waals surface area contributed by atoms with Crippen LogP contribution in [0.3, 0.4) is 0 Å². The molecule has 0 atom stereocenters. The molecule has 2 rings (SSSR count). The first kappa shape index (κ1) is 22.7. The number of rotatable bonds is 10. The topological polar surface area (TPSA) is 53.8 Å². The number of likely N-dealkylation sites (N-methyl/N-ethyl adjacent to an activating group) is 1. The molecule has 146 valence electrons. The number of guanidine groups is 1. The first-order valence-electron chi connectivity index (χ1n) is 8.90. The lowest BCUT2D eigenvalue weighted by atomic mass is 10.2. The molecule has 0 saturated heterocycles. The van der Waals surface area contributed by atoms with E-state index in [2.05, 4.69) is 68.7 Å². The molecule has 0 bridgehead atoms. The molecule has 1 aromatic heterocycles. The van der Waals surface area contributed by atoms with Gasteiger partial charge in [0.1, 0.15) is 0 Å². The Balaban J connectivity index is 0.00000338. The van der Waals surface area contributed by atoms with Gasteiger partial charge in [0, 0.05) is 58.6 Å². The molecule has 0 aliphatic carbocycles. The normalized spacial score (nSPS) is 11.6. The van der Waals surface area contributed by atoms with E-state index >= 15 is 0 Å². The van der Waals surface area contributed by atoms with E-state index in [0.29, 0.717) is 0 Å². The molecular formula is C19H32IN5O. The molecule has 1 aromatic carbocycles. The molecule has 0 amide bonds. The second-order valence-electron chi connectivity index (χ2n) is 6.14. The average Bonchev–Trinajstić information content (AvgIpc) is 3.05. The number of aliphatic imine (C=N–C) groups is 1. The highest BCUT2D eigenvalue weighted by Crippen LogP contribution is 2.15. The Morgan fingerprint density at radius 3 is 2.69 bits per heavy atom. The van der Waals surface area contributed by atoms with E-state index < -0.39 is 0 Å². The van der Waals surface area contributed by atoms with Gasteiger partial charge < -0.3 is 24.8 Å². The molecule has 7 heteroatoms. The Labute approximate surface area is 174 Å². The SMILES string of the molecule is CN=C(NCCCn1ccc2ccccc21)NCCN(C)CCOC.I. The van der Waals surface area contributed by atoms with Crippen LogP contribution in [-0.4, -0.2) is 69.4 Å². The Hall–Kier alpha value is -1.32. The number of hydrogen-bond donors (Lipinski definition) is 2. The highest BCUT2D eigenvalue weighted by atomic mass is 127. The van der Waals surface area contributed by atoms with E-state index in [1.807, 2.05) is 7.05 Å². The maximum atomic E-state index is 5.08. The van der Waals surface area contributed by atoms with Gasteiger partial charge in [-0.25, -0.2) is 0 Å². The number of methoxy groups -OCH3 is 1. The van der Waals surface area contributed by atoms with E-state index in [0.717, 1.165) is 51.7 Å². The predicted octanol–water partition coefficient (Wildman–Crippen LogP) is 2.39. The first-order chi connectivity index (χ1) is 12.2. The number of aromatic nitrogens is 1. The van der Waals surface area contributed by atoms with Crippen LogP contribution in [0.2, 0.25) is 0 Å². The number of hydrogen-bond acceptors (Lipinski definition) is 3. The lowest BCUT2D eigenvalue weighted by Crippen LogP contribution is -2.41. The lowest BCUT2D eigenvalue weighted by molar-refractivity contribution is 0.162. The van der Waals surface area contributed by atoms with Gasteiger partial charge in [-0.2, -0.15) is 0 Å². The van der Waals surface area contributed by atoms with Crippen LogP contribution in [0.5, 0.6) is 0 Å². The van der Waals surface area contributed by atoms with Crippen LogP contribution >= 0.6 is 24.0 Å². The van der Waals surface area contributed by atoms with Gasteiger partial charge in [-0.3, -0.25) is 4.99 Å². The summed E-state index contributed by atoms with van der Waals surface area (Å²) in [5.74, 6) is 0.859. The van der Waals surface area contributed by atoms with Crippen molar-refractivity contribution < 1.29 is 4.74 Å². The number of aryl methyl sites for hydroxylation is 1. The highest BCUT2D eigenvalue weighted by molar-refractivity contribution is 14.0. The molecule has 26 heavy (non-hydrogen) atoms. The van der Waals surface area contributed by atoms with Crippen LogP contribution < -0.4 is 10.6 Å².